The molecule has 1 atom stereocenters. The number of sulfonamides is 1. The molecule has 0 spiro atoms. The maximum Gasteiger partial charge on any atom is 0.243 e. The van der Waals surface area contributed by atoms with Crippen LogP contribution in [0.2, 0.25) is 0 Å². The van der Waals surface area contributed by atoms with Crippen molar-refractivity contribution in [3.8, 4) is 0 Å². The first-order valence-electron chi connectivity index (χ1n) is 7.52. The molecule has 1 aliphatic heterocycles. The van der Waals surface area contributed by atoms with Crippen LogP contribution in [0.15, 0.2) is 23.1 Å². The average Bonchev–Trinajstić information content (AvgIpc) is 2.70. The summed E-state index contributed by atoms with van der Waals surface area (Å²) < 4.78 is 51.3. The van der Waals surface area contributed by atoms with E-state index >= 15 is 0 Å². The van der Waals surface area contributed by atoms with Crippen molar-refractivity contribution in [3.63, 3.8) is 0 Å². The minimum atomic E-state index is -3.81. The van der Waals surface area contributed by atoms with Gasteiger partial charge in [0, 0.05) is 18.6 Å². The molecule has 1 saturated heterocycles. The lowest BCUT2D eigenvalue weighted by molar-refractivity contribution is 0.238. The molecule has 1 aromatic carbocycles. The van der Waals surface area contributed by atoms with Crippen LogP contribution in [-0.2, 0) is 19.9 Å². The molecule has 0 unspecified atom stereocenters. The minimum absolute atomic E-state index is 0.00692. The Morgan fingerprint density at radius 1 is 1.30 bits per heavy atom. The van der Waals surface area contributed by atoms with Crippen molar-refractivity contribution in [1.29, 1.82) is 0 Å². The van der Waals surface area contributed by atoms with Crippen molar-refractivity contribution >= 4 is 19.9 Å². The SMILES string of the molecule is Cc1ccc(S(=O)(=O)N(CCN)[C@]2(C)CCS(=O)(=O)C2)c(C)c1. The summed E-state index contributed by atoms with van der Waals surface area (Å²) in [4.78, 5) is 0.210. The molecule has 1 fully saturated rings. The Bertz CT molecular complexity index is 803. The van der Waals surface area contributed by atoms with Crippen molar-refractivity contribution in [2.24, 2.45) is 5.73 Å². The second-order valence-electron chi connectivity index (χ2n) is 6.47. The van der Waals surface area contributed by atoms with Crippen LogP contribution in [0.3, 0.4) is 0 Å². The molecule has 6 nitrogen and oxygen atoms in total. The van der Waals surface area contributed by atoms with E-state index in [0.29, 0.717) is 12.0 Å². The van der Waals surface area contributed by atoms with Gasteiger partial charge in [-0.25, -0.2) is 16.8 Å². The van der Waals surface area contributed by atoms with Crippen molar-refractivity contribution < 1.29 is 16.8 Å². The van der Waals surface area contributed by atoms with E-state index in [4.69, 9.17) is 5.73 Å². The molecule has 2 rings (SSSR count). The van der Waals surface area contributed by atoms with E-state index in [1.807, 2.05) is 6.92 Å². The second kappa shape index (κ2) is 6.16. The molecule has 0 aliphatic carbocycles. The lowest BCUT2D eigenvalue weighted by Crippen LogP contribution is -2.52. The van der Waals surface area contributed by atoms with Crippen LogP contribution < -0.4 is 5.73 Å². The van der Waals surface area contributed by atoms with Gasteiger partial charge in [0.1, 0.15) is 0 Å². The fourth-order valence-corrected chi connectivity index (χ4v) is 7.44. The number of nitrogens with zero attached hydrogens (tertiary/aromatic N) is 1. The summed E-state index contributed by atoms with van der Waals surface area (Å²) in [6.45, 7) is 5.57. The molecule has 0 saturated carbocycles. The largest absolute Gasteiger partial charge is 0.329 e. The lowest BCUT2D eigenvalue weighted by Gasteiger charge is -2.36. The number of hydrogen-bond acceptors (Lipinski definition) is 5. The van der Waals surface area contributed by atoms with E-state index < -0.39 is 25.4 Å². The number of hydrogen-bond donors (Lipinski definition) is 1. The zero-order chi connectivity index (χ0) is 17.5. The zero-order valence-electron chi connectivity index (χ0n) is 13.7. The van der Waals surface area contributed by atoms with Crippen LogP contribution in [0, 0.1) is 13.8 Å². The van der Waals surface area contributed by atoms with Gasteiger partial charge in [0.2, 0.25) is 10.0 Å². The van der Waals surface area contributed by atoms with Crippen LogP contribution in [0.1, 0.15) is 24.5 Å². The number of nitrogens with two attached hydrogens (primary N) is 1. The first kappa shape index (κ1) is 18.4. The van der Waals surface area contributed by atoms with Crippen molar-refractivity contribution in [2.75, 3.05) is 24.6 Å². The fourth-order valence-electron chi connectivity index (χ4n) is 3.20. The standard InChI is InChI=1S/C15H24N2O4S2/c1-12-4-5-14(13(2)10-12)23(20,21)17(8-7-16)15(3)6-9-22(18,19)11-15/h4-5,10H,6-9,11,16H2,1-3H3/t15-/m1/s1. The molecule has 1 aliphatic rings. The van der Waals surface area contributed by atoms with Crippen molar-refractivity contribution in [2.45, 2.75) is 37.6 Å². The zero-order valence-corrected chi connectivity index (χ0v) is 15.4. The highest BCUT2D eigenvalue weighted by atomic mass is 32.2. The van der Waals surface area contributed by atoms with Gasteiger partial charge in [-0.2, -0.15) is 4.31 Å². The van der Waals surface area contributed by atoms with E-state index in [1.54, 1.807) is 32.0 Å². The number of sulfone groups is 1. The van der Waals surface area contributed by atoms with Crippen LogP contribution in [0.5, 0.6) is 0 Å². The van der Waals surface area contributed by atoms with Gasteiger partial charge in [0.05, 0.1) is 16.4 Å². The molecule has 0 aromatic heterocycles. The van der Waals surface area contributed by atoms with Gasteiger partial charge in [-0.3, -0.25) is 0 Å². The molecular formula is C15H24N2O4S2. The van der Waals surface area contributed by atoms with Crippen LogP contribution in [-0.4, -0.2) is 51.3 Å². The van der Waals surface area contributed by atoms with Crippen LogP contribution in [0.25, 0.3) is 0 Å². The highest BCUT2D eigenvalue weighted by Gasteiger charge is 2.47. The molecule has 0 bridgehead atoms. The van der Waals surface area contributed by atoms with E-state index in [2.05, 4.69) is 0 Å². The lowest BCUT2D eigenvalue weighted by atomic mass is 10.0. The first-order chi connectivity index (χ1) is 10.5. The fraction of sp³-hybridized carbons (Fsp3) is 0.600. The topological polar surface area (TPSA) is 97.5 Å². The normalized spacial score (nSPS) is 24.2. The van der Waals surface area contributed by atoms with Crippen molar-refractivity contribution in [3.05, 3.63) is 29.3 Å². The predicted molar refractivity (Wildman–Crippen MR) is 90.5 cm³/mol. The highest BCUT2D eigenvalue weighted by Crippen LogP contribution is 2.34. The molecule has 1 aromatic rings. The predicted octanol–water partition coefficient (Wildman–Crippen LogP) is 0.830. The summed E-state index contributed by atoms with van der Waals surface area (Å²) in [6.07, 6.45) is 0.291. The van der Waals surface area contributed by atoms with Gasteiger partial charge in [-0.1, -0.05) is 17.7 Å². The van der Waals surface area contributed by atoms with Gasteiger partial charge in [-0.15, -0.1) is 0 Å². The number of benzene rings is 1. The molecule has 0 amide bonds. The van der Waals surface area contributed by atoms with E-state index in [1.165, 1.54) is 4.31 Å². The van der Waals surface area contributed by atoms with Gasteiger partial charge < -0.3 is 5.73 Å². The van der Waals surface area contributed by atoms with E-state index in [0.717, 1.165) is 5.56 Å². The number of aryl methyl sites for hydroxylation is 2. The summed E-state index contributed by atoms with van der Waals surface area (Å²) in [5.74, 6) is -0.156. The minimum Gasteiger partial charge on any atom is -0.329 e. The number of rotatable bonds is 5. The molecule has 0 radical (unpaired) electrons. The maximum absolute atomic E-state index is 13.1. The van der Waals surface area contributed by atoms with E-state index in [-0.39, 0.29) is 29.5 Å². The Balaban J connectivity index is 2.52. The Kier molecular flexibility index (Phi) is 4.92. The Morgan fingerprint density at radius 2 is 1.96 bits per heavy atom. The molecule has 2 N–H and O–H groups in total. The van der Waals surface area contributed by atoms with E-state index in [9.17, 15) is 16.8 Å². The second-order valence-corrected chi connectivity index (χ2v) is 10.5. The molecular weight excluding hydrogens is 336 g/mol. The summed E-state index contributed by atoms with van der Waals surface area (Å²) in [5.41, 5.74) is 6.28. The third-order valence-electron chi connectivity index (χ3n) is 4.32. The third kappa shape index (κ3) is 3.60. The third-order valence-corrected chi connectivity index (χ3v) is 8.42. The van der Waals surface area contributed by atoms with Crippen LogP contribution in [0.4, 0.5) is 0 Å². The molecule has 1 heterocycles. The average molecular weight is 361 g/mol. The molecule has 23 heavy (non-hydrogen) atoms. The Morgan fingerprint density at radius 3 is 2.43 bits per heavy atom. The van der Waals surface area contributed by atoms with Gasteiger partial charge >= 0.3 is 0 Å². The summed E-state index contributed by atoms with van der Waals surface area (Å²) in [5, 5.41) is 0. The molecule has 130 valence electrons. The first-order valence-corrected chi connectivity index (χ1v) is 10.8. The molecule has 8 heteroatoms. The Labute approximate surface area is 138 Å². The summed E-state index contributed by atoms with van der Waals surface area (Å²) in [6, 6.07) is 5.13. The monoisotopic (exact) mass is 360 g/mol. The highest BCUT2D eigenvalue weighted by molar-refractivity contribution is 7.92. The van der Waals surface area contributed by atoms with Crippen LogP contribution >= 0.6 is 0 Å². The maximum atomic E-state index is 13.1. The van der Waals surface area contributed by atoms with Gasteiger partial charge in [-0.05, 0) is 38.8 Å². The van der Waals surface area contributed by atoms with Crippen molar-refractivity contribution in [1.82, 2.24) is 4.31 Å². The van der Waals surface area contributed by atoms with Gasteiger partial charge in [0.25, 0.3) is 0 Å². The summed E-state index contributed by atoms with van der Waals surface area (Å²) >= 11 is 0. The van der Waals surface area contributed by atoms with Gasteiger partial charge in [0.15, 0.2) is 9.84 Å². The smallest absolute Gasteiger partial charge is 0.243 e. The Hall–Kier alpha value is -0.960. The quantitative estimate of drug-likeness (QED) is 0.839. The summed E-state index contributed by atoms with van der Waals surface area (Å²) in [7, 11) is -7.04.